The minimum Gasteiger partial charge on any atom is -0.367 e. The summed E-state index contributed by atoms with van der Waals surface area (Å²) in [6, 6.07) is 2.30. The minimum atomic E-state index is -1.86. The Hall–Kier alpha value is -1.58. The van der Waals surface area contributed by atoms with Gasteiger partial charge in [-0.2, -0.15) is 27.1 Å². The number of ether oxygens (including phenoxy) is 1. The van der Waals surface area contributed by atoms with Gasteiger partial charge in [0.25, 0.3) is 0 Å². The number of nitriles is 1. The van der Waals surface area contributed by atoms with E-state index in [0.29, 0.717) is 23.4 Å². The summed E-state index contributed by atoms with van der Waals surface area (Å²) in [4.78, 5) is 26.7. The standard InChI is InChI=1S/C18H29N6O3PS.C3H8O2/c1-4-7-13(5-2)21-17-14-11-20-24(18(14)23-15(10-19)22-17)16(27-3)8-6-9-29-12-28(25)26;1-3(2,4)5/h11,13,16,25-26H,4-9,12H2,1-3H3,(H,21,22,23);4-5H,1-2H3. The van der Waals surface area contributed by atoms with Gasteiger partial charge in [-0.25, -0.2) is 9.67 Å². The number of nitrogens with one attached hydrogen (secondary N) is 1. The SMILES string of the molecule is CC(C)(O)O.CCCC(CC)Nc1nc(C#N)nc2c1cnn2C(CCCSCP(O)O)OC. The minimum absolute atomic E-state index is 0.0951. The molecular formula is C21H37N6O5PS. The maximum atomic E-state index is 9.38. The molecule has 0 aliphatic rings. The fourth-order valence-electron chi connectivity index (χ4n) is 3.06. The molecule has 5 N–H and O–H groups in total. The van der Waals surface area contributed by atoms with E-state index in [1.807, 2.05) is 6.07 Å². The van der Waals surface area contributed by atoms with Gasteiger partial charge in [-0.05, 0) is 45.3 Å². The summed E-state index contributed by atoms with van der Waals surface area (Å²) in [6.45, 7) is 6.86. The predicted octanol–water partition coefficient (Wildman–Crippen LogP) is 3.31. The summed E-state index contributed by atoms with van der Waals surface area (Å²) in [5, 5.41) is 34.2. The number of hydrogen-bond donors (Lipinski definition) is 5. The van der Waals surface area contributed by atoms with Gasteiger partial charge in [0.05, 0.1) is 17.1 Å². The summed E-state index contributed by atoms with van der Waals surface area (Å²) >= 11 is 1.50. The molecule has 0 saturated heterocycles. The van der Waals surface area contributed by atoms with Crippen molar-refractivity contribution in [1.82, 2.24) is 19.7 Å². The first-order chi connectivity index (χ1) is 16.0. The molecule has 192 valence electrons. The highest BCUT2D eigenvalue weighted by molar-refractivity contribution is 8.03. The van der Waals surface area contributed by atoms with E-state index < -0.39 is 14.2 Å². The van der Waals surface area contributed by atoms with Gasteiger partial charge in [0, 0.05) is 13.2 Å². The van der Waals surface area contributed by atoms with Gasteiger partial charge in [0.2, 0.25) is 5.82 Å². The second-order valence-corrected chi connectivity index (χ2v) is 10.7. The number of hydrogen-bond acceptors (Lipinski definition) is 11. The van der Waals surface area contributed by atoms with Gasteiger partial charge in [-0.3, -0.25) is 0 Å². The molecule has 2 atom stereocenters. The fourth-order valence-corrected chi connectivity index (χ4v) is 4.60. The maximum Gasteiger partial charge on any atom is 0.236 e. The highest BCUT2D eigenvalue weighted by Crippen LogP contribution is 2.30. The molecule has 0 aliphatic carbocycles. The number of aliphatic hydroxyl groups is 2. The number of anilines is 1. The van der Waals surface area contributed by atoms with Crippen LogP contribution < -0.4 is 5.32 Å². The molecule has 2 aromatic rings. The Balaban J connectivity index is 0.00000104. The normalized spacial score (nSPS) is 13.3. The first-order valence-corrected chi connectivity index (χ1v) is 13.7. The summed E-state index contributed by atoms with van der Waals surface area (Å²) in [5.74, 6) is 0.0138. The van der Waals surface area contributed by atoms with Gasteiger partial charge < -0.3 is 30.1 Å². The van der Waals surface area contributed by atoms with Crippen molar-refractivity contribution in [3.8, 4) is 6.07 Å². The van der Waals surface area contributed by atoms with E-state index in [2.05, 4.69) is 34.2 Å². The highest BCUT2D eigenvalue weighted by atomic mass is 32.2. The van der Waals surface area contributed by atoms with Crippen LogP contribution in [0.4, 0.5) is 5.82 Å². The van der Waals surface area contributed by atoms with E-state index in [0.717, 1.165) is 36.8 Å². The van der Waals surface area contributed by atoms with Crippen LogP contribution in [0.25, 0.3) is 11.0 Å². The van der Waals surface area contributed by atoms with E-state index in [4.69, 9.17) is 24.7 Å². The van der Waals surface area contributed by atoms with Gasteiger partial charge >= 0.3 is 0 Å². The Kier molecular flexibility index (Phi) is 13.8. The van der Waals surface area contributed by atoms with Crippen molar-refractivity contribution < 1.29 is 24.7 Å². The van der Waals surface area contributed by atoms with Crippen molar-refractivity contribution in [2.24, 2.45) is 0 Å². The fraction of sp³-hybridized carbons (Fsp3) is 0.714. The monoisotopic (exact) mass is 516 g/mol. The van der Waals surface area contributed by atoms with E-state index >= 15 is 0 Å². The van der Waals surface area contributed by atoms with Crippen molar-refractivity contribution >= 4 is 37.0 Å². The smallest absolute Gasteiger partial charge is 0.236 e. The molecule has 0 spiro atoms. The molecule has 0 amide bonds. The second-order valence-electron chi connectivity index (χ2n) is 8.11. The summed E-state index contributed by atoms with van der Waals surface area (Å²) < 4.78 is 7.31. The molecule has 11 nitrogen and oxygen atoms in total. The number of fused-ring (bicyclic) bond motifs is 1. The quantitative estimate of drug-likeness (QED) is 0.150. The molecule has 0 aromatic carbocycles. The van der Waals surface area contributed by atoms with Crippen LogP contribution in [0.1, 0.15) is 71.9 Å². The van der Waals surface area contributed by atoms with E-state index in [9.17, 15) is 5.26 Å². The molecule has 0 fully saturated rings. The maximum absolute atomic E-state index is 9.38. The first kappa shape index (κ1) is 30.5. The lowest BCUT2D eigenvalue weighted by atomic mass is 10.1. The first-order valence-electron chi connectivity index (χ1n) is 11.2. The van der Waals surface area contributed by atoms with Crippen LogP contribution in [0.5, 0.6) is 0 Å². The van der Waals surface area contributed by atoms with Crippen LogP contribution >= 0.6 is 20.1 Å². The van der Waals surface area contributed by atoms with Crippen molar-refractivity contribution in [3.05, 3.63) is 12.0 Å². The second kappa shape index (κ2) is 15.4. The van der Waals surface area contributed by atoms with Crippen LogP contribution in [0.15, 0.2) is 6.20 Å². The summed E-state index contributed by atoms with van der Waals surface area (Å²) in [7, 11) is -0.240. The van der Waals surface area contributed by atoms with Crippen LogP contribution in [-0.2, 0) is 4.74 Å². The lowest BCUT2D eigenvalue weighted by Crippen LogP contribution is -2.20. The number of aromatic nitrogens is 4. The van der Waals surface area contributed by atoms with Crippen LogP contribution in [0.2, 0.25) is 0 Å². The van der Waals surface area contributed by atoms with E-state index in [1.165, 1.54) is 25.6 Å². The molecular weight excluding hydrogens is 479 g/mol. The molecule has 2 rings (SSSR count). The van der Waals surface area contributed by atoms with E-state index in [-0.39, 0.29) is 18.1 Å². The molecule has 2 aromatic heterocycles. The largest absolute Gasteiger partial charge is 0.367 e. The molecule has 13 heteroatoms. The topological polar surface area (TPSA) is 170 Å². The Bertz CT molecular complexity index is 896. The molecule has 0 radical (unpaired) electrons. The Labute approximate surface area is 206 Å². The zero-order valence-corrected chi connectivity index (χ0v) is 22.2. The Morgan fingerprint density at radius 2 is 1.94 bits per heavy atom. The Morgan fingerprint density at radius 1 is 1.26 bits per heavy atom. The zero-order chi connectivity index (χ0) is 25.7. The Morgan fingerprint density at radius 3 is 2.47 bits per heavy atom. The summed E-state index contributed by atoms with van der Waals surface area (Å²) in [6.07, 6.45) is 5.92. The summed E-state index contributed by atoms with van der Waals surface area (Å²) in [5.41, 5.74) is 0.918. The van der Waals surface area contributed by atoms with Gasteiger partial charge in [-0.15, -0.1) is 0 Å². The van der Waals surface area contributed by atoms with Gasteiger partial charge in [0.1, 0.15) is 11.9 Å². The van der Waals surface area contributed by atoms with Crippen LogP contribution in [0.3, 0.4) is 0 Å². The third-order valence-corrected chi connectivity index (χ3v) is 6.75. The molecule has 2 unspecified atom stereocenters. The lowest BCUT2D eigenvalue weighted by Gasteiger charge is -2.18. The zero-order valence-electron chi connectivity index (χ0n) is 20.5. The van der Waals surface area contributed by atoms with Crippen LogP contribution in [-0.4, -0.2) is 69.9 Å². The van der Waals surface area contributed by atoms with E-state index in [1.54, 1.807) is 18.0 Å². The van der Waals surface area contributed by atoms with Gasteiger partial charge in [-0.1, -0.05) is 20.3 Å². The molecule has 0 saturated carbocycles. The predicted molar refractivity (Wildman–Crippen MR) is 135 cm³/mol. The van der Waals surface area contributed by atoms with Crippen molar-refractivity contribution in [2.75, 3.05) is 23.7 Å². The highest BCUT2D eigenvalue weighted by Gasteiger charge is 2.20. The van der Waals surface area contributed by atoms with Gasteiger partial charge in [0.15, 0.2) is 26.0 Å². The average Bonchev–Trinajstić information content (AvgIpc) is 3.18. The lowest BCUT2D eigenvalue weighted by molar-refractivity contribution is -0.127. The molecule has 0 bridgehead atoms. The molecule has 0 aliphatic heterocycles. The number of nitrogens with zero attached hydrogens (tertiary/aromatic N) is 5. The number of rotatable bonds is 13. The third-order valence-electron chi connectivity index (χ3n) is 4.52. The molecule has 2 heterocycles. The average molecular weight is 517 g/mol. The van der Waals surface area contributed by atoms with Crippen molar-refractivity contribution in [2.45, 2.75) is 77.9 Å². The third kappa shape index (κ3) is 11.2. The number of methoxy groups -OCH3 is 1. The van der Waals surface area contributed by atoms with Crippen molar-refractivity contribution in [3.63, 3.8) is 0 Å². The van der Waals surface area contributed by atoms with Crippen molar-refractivity contribution in [1.29, 1.82) is 5.26 Å². The van der Waals surface area contributed by atoms with Crippen LogP contribution in [0, 0.1) is 11.3 Å². The molecule has 34 heavy (non-hydrogen) atoms. The number of thioether (sulfide) groups is 1.